The predicted molar refractivity (Wildman–Crippen MR) is 81.4 cm³/mol. The zero-order valence-corrected chi connectivity index (χ0v) is 13.6. The maximum Gasteiger partial charge on any atom is 0.333 e. The highest BCUT2D eigenvalue weighted by Gasteiger charge is 2.58. The van der Waals surface area contributed by atoms with Crippen LogP contribution in [0.25, 0.3) is 0 Å². The van der Waals surface area contributed by atoms with Crippen LogP contribution in [0.1, 0.15) is 53.4 Å². The fourth-order valence-electron chi connectivity index (χ4n) is 4.61. The molecule has 2 aliphatic rings. The van der Waals surface area contributed by atoms with E-state index in [0.717, 1.165) is 24.5 Å². The lowest BCUT2D eigenvalue weighted by atomic mass is 9.68. The maximum absolute atomic E-state index is 11.6. The van der Waals surface area contributed by atoms with Crippen LogP contribution in [-0.4, -0.2) is 25.7 Å². The molecule has 2 fully saturated rings. The molecule has 0 saturated heterocycles. The van der Waals surface area contributed by atoms with Crippen LogP contribution in [0, 0.1) is 16.7 Å². The minimum absolute atomic E-state index is 0.201. The highest BCUT2D eigenvalue weighted by atomic mass is 16.5. The number of esters is 1. The van der Waals surface area contributed by atoms with Gasteiger partial charge < -0.3 is 10.1 Å². The molecule has 0 aromatic heterocycles. The van der Waals surface area contributed by atoms with Gasteiger partial charge in [-0.25, -0.2) is 4.79 Å². The van der Waals surface area contributed by atoms with Crippen molar-refractivity contribution in [3.8, 4) is 0 Å². The van der Waals surface area contributed by atoms with E-state index in [1.165, 1.54) is 26.4 Å². The summed E-state index contributed by atoms with van der Waals surface area (Å²) in [6.45, 7) is 9.96. The third-order valence-corrected chi connectivity index (χ3v) is 5.77. The molecule has 0 aromatic rings. The summed E-state index contributed by atoms with van der Waals surface area (Å²) in [4.78, 5) is 11.6. The highest BCUT2D eigenvalue weighted by molar-refractivity contribution is 5.88. The second-order valence-corrected chi connectivity index (χ2v) is 7.33. The smallest absolute Gasteiger partial charge is 0.333 e. The fourth-order valence-corrected chi connectivity index (χ4v) is 4.61. The van der Waals surface area contributed by atoms with Crippen molar-refractivity contribution >= 4 is 5.97 Å². The Kier molecular flexibility index (Phi) is 4.29. The van der Waals surface area contributed by atoms with E-state index in [-0.39, 0.29) is 5.97 Å². The molecule has 0 aromatic carbocycles. The van der Waals surface area contributed by atoms with Crippen molar-refractivity contribution in [2.75, 3.05) is 13.7 Å². The minimum Gasteiger partial charge on any atom is -0.466 e. The van der Waals surface area contributed by atoms with Crippen molar-refractivity contribution in [3.63, 3.8) is 0 Å². The summed E-state index contributed by atoms with van der Waals surface area (Å²) in [5, 5.41) is 3.70. The van der Waals surface area contributed by atoms with E-state index in [4.69, 9.17) is 4.74 Å². The Balaban J connectivity index is 2.00. The number of carbonyl (C=O) groups excluding carboxylic acids is 1. The number of carbonyl (C=O) groups is 1. The van der Waals surface area contributed by atoms with Crippen LogP contribution in [0.2, 0.25) is 0 Å². The third kappa shape index (κ3) is 2.52. The van der Waals surface area contributed by atoms with Crippen LogP contribution in [0.5, 0.6) is 0 Å². The number of fused-ring (bicyclic) bond motifs is 2. The minimum atomic E-state index is -0.201. The number of methoxy groups -OCH3 is 1. The molecule has 20 heavy (non-hydrogen) atoms. The zero-order chi connectivity index (χ0) is 15.0. The number of nitrogens with one attached hydrogen (secondary N) is 1. The van der Waals surface area contributed by atoms with Crippen molar-refractivity contribution in [2.45, 2.75) is 59.4 Å². The van der Waals surface area contributed by atoms with Crippen molar-refractivity contribution in [1.29, 1.82) is 0 Å². The van der Waals surface area contributed by atoms with Crippen LogP contribution >= 0.6 is 0 Å². The van der Waals surface area contributed by atoms with Crippen LogP contribution in [0.3, 0.4) is 0 Å². The molecule has 2 aliphatic carbocycles. The normalized spacial score (nSPS) is 35.4. The summed E-state index contributed by atoms with van der Waals surface area (Å²) < 4.78 is 4.80. The molecule has 114 valence electrons. The van der Waals surface area contributed by atoms with E-state index in [2.05, 4.69) is 26.1 Å². The van der Waals surface area contributed by atoms with Gasteiger partial charge in [-0.1, -0.05) is 33.8 Å². The summed E-state index contributed by atoms with van der Waals surface area (Å²) in [6, 6.07) is 0.542. The SMILES string of the molecule is CCC(=CCNC1C2(C)CCC(C2)C1(C)C)C(=O)OC. The number of hydrogen-bond donors (Lipinski definition) is 1. The van der Waals surface area contributed by atoms with Gasteiger partial charge in [0.15, 0.2) is 0 Å². The Morgan fingerprint density at radius 2 is 2.10 bits per heavy atom. The van der Waals surface area contributed by atoms with Crippen LogP contribution < -0.4 is 5.32 Å². The van der Waals surface area contributed by atoms with Gasteiger partial charge in [-0.3, -0.25) is 0 Å². The van der Waals surface area contributed by atoms with Gasteiger partial charge >= 0.3 is 5.97 Å². The lowest BCUT2D eigenvalue weighted by Gasteiger charge is -2.43. The number of ether oxygens (including phenoxy) is 1. The second kappa shape index (κ2) is 5.51. The second-order valence-electron chi connectivity index (χ2n) is 7.33. The van der Waals surface area contributed by atoms with E-state index >= 15 is 0 Å². The molecule has 3 nitrogen and oxygen atoms in total. The van der Waals surface area contributed by atoms with Crippen molar-refractivity contribution in [2.24, 2.45) is 16.7 Å². The van der Waals surface area contributed by atoms with Crippen LogP contribution in [0.15, 0.2) is 11.6 Å². The molecule has 2 bridgehead atoms. The summed E-state index contributed by atoms with van der Waals surface area (Å²) in [6.07, 6.45) is 6.78. The van der Waals surface area contributed by atoms with E-state index < -0.39 is 0 Å². The van der Waals surface area contributed by atoms with Gasteiger partial charge in [0.25, 0.3) is 0 Å². The van der Waals surface area contributed by atoms with Crippen molar-refractivity contribution in [3.05, 3.63) is 11.6 Å². The number of rotatable bonds is 5. The lowest BCUT2D eigenvalue weighted by Crippen LogP contribution is -2.50. The molecule has 2 saturated carbocycles. The fraction of sp³-hybridized carbons (Fsp3) is 0.824. The van der Waals surface area contributed by atoms with Crippen LogP contribution in [-0.2, 0) is 9.53 Å². The van der Waals surface area contributed by atoms with E-state index in [1.54, 1.807) is 0 Å². The van der Waals surface area contributed by atoms with Gasteiger partial charge in [-0.05, 0) is 42.4 Å². The molecule has 0 radical (unpaired) electrons. The first-order chi connectivity index (χ1) is 9.35. The predicted octanol–water partition coefficient (Wildman–Crippen LogP) is 3.30. The van der Waals surface area contributed by atoms with E-state index in [0.29, 0.717) is 16.9 Å². The Bertz CT molecular complexity index is 408. The first-order valence-electron chi connectivity index (χ1n) is 7.86. The molecule has 0 amide bonds. The summed E-state index contributed by atoms with van der Waals surface area (Å²) in [5.74, 6) is 0.646. The van der Waals surface area contributed by atoms with Gasteiger partial charge in [-0.2, -0.15) is 0 Å². The highest BCUT2D eigenvalue weighted by Crippen LogP contribution is 2.62. The summed E-state index contributed by atoms with van der Waals surface area (Å²) in [7, 11) is 1.44. The summed E-state index contributed by atoms with van der Waals surface area (Å²) >= 11 is 0. The quantitative estimate of drug-likeness (QED) is 0.620. The van der Waals surface area contributed by atoms with Gasteiger partial charge in [-0.15, -0.1) is 0 Å². The topological polar surface area (TPSA) is 38.3 Å². The van der Waals surface area contributed by atoms with Gasteiger partial charge in [0.1, 0.15) is 0 Å². The molecule has 3 atom stereocenters. The monoisotopic (exact) mass is 279 g/mol. The lowest BCUT2D eigenvalue weighted by molar-refractivity contribution is -0.136. The first-order valence-corrected chi connectivity index (χ1v) is 7.86. The largest absolute Gasteiger partial charge is 0.466 e. The van der Waals surface area contributed by atoms with Gasteiger partial charge in [0.05, 0.1) is 7.11 Å². The zero-order valence-electron chi connectivity index (χ0n) is 13.6. The molecule has 2 rings (SSSR count). The van der Waals surface area contributed by atoms with Crippen molar-refractivity contribution in [1.82, 2.24) is 5.32 Å². The number of hydrogen-bond acceptors (Lipinski definition) is 3. The summed E-state index contributed by atoms with van der Waals surface area (Å²) in [5.41, 5.74) is 1.56. The standard InChI is InChI=1S/C17H29NO2/c1-6-12(14(19)20-5)8-10-18-15-16(2,3)13-7-9-17(15,4)11-13/h8,13,15,18H,6-7,9-11H2,1-5H3. The molecule has 0 spiro atoms. The first kappa shape index (κ1) is 15.6. The van der Waals surface area contributed by atoms with Crippen LogP contribution in [0.4, 0.5) is 0 Å². The molecule has 0 aliphatic heterocycles. The average Bonchev–Trinajstić information content (AvgIpc) is 2.88. The maximum atomic E-state index is 11.6. The third-order valence-electron chi connectivity index (χ3n) is 5.77. The van der Waals surface area contributed by atoms with E-state index in [1.807, 2.05) is 13.0 Å². The Labute approximate surface area is 123 Å². The van der Waals surface area contributed by atoms with E-state index in [9.17, 15) is 4.79 Å². The Hall–Kier alpha value is -0.830. The van der Waals surface area contributed by atoms with Gasteiger partial charge in [0, 0.05) is 18.2 Å². The molecule has 3 unspecified atom stereocenters. The molecular formula is C17H29NO2. The van der Waals surface area contributed by atoms with Crippen molar-refractivity contribution < 1.29 is 9.53 Å². The Morgan fingerprint density at radius 1 is 1.40 bits per heavy atom. The Morgan fingerprint density at radius 3 is 2.60 bits per heavy atom. The molecule has 0 heterocycles. The molecule has 1 N–H and O–H groups in total. The van der Waals surface area contributed by atoms with Gasteiger partial charge in [0.2, 0.25) is 0 Å². The molecule has 3 heteroatoms. The average molecular weight is 279 g/mol. The molecular weight excluding hydrogens is 250 g/mol.